The second-order valence-corrected chi connectivity index (χ2v) is 9.42. The van der Waals surface area contributed by atoms with Crippen LogP contribution >= 0.6 is 12.2 Å². The van der Waals surface area contributed by atoms with Crippen molar-refractivity contribution in [1.29, 1.82) is 0 Å². The molecule has 0 aliphatic carbocycles. The van der Waals surface area contributed by atoms with Gasteiger partial charge in [0, 0.05) is 30.4 Å². The van der Waals surface area contributed by atoms with Crippen molar-refractivity contribution in [3.63, 3.8) is 0 Å². The molecule has 192 valence electrons. The van der Waals surface area contributed by atoms with Crippen LogP contribution in [0.1, 0.15) is 45.9 Å². The number of furan rings is 1. The van der Waals surface area contributed by atoms with Crippen LogP contribution in [0.2, 0.25) is 0 Å². The van der Waals surface area contributed by atoms with Crippen LogP contribution in [-0.4, -0.2) is 38.5 Å². The van der Waals surface area contributed by atoms with E-state index >= 15 is 0 Å². The van der Waals surface area contributed by atoms with Crippen LogP contribution < -0.4 is 10.6 Å². The van der Waals surface area contributed by atoms with E-state index in [1.54, 1.807) is 36.5 Å². The minimum absolute atomic E-state index is 0.132. The minimum atomic E-state index is -1.03. The fourth-order valence-corrected chi connectivity index (χ4v) is 4.91. The molecule has 1 fully saturated rings. The highest BCUT2D eigenvalue weighted by Crippen LogP contribution is 2.40. The molecule has 3 N–H and O–H groups in total. The first-order chi connectivity index (χ1) is 18.4. The average Bonchev–Trinajstić information content (AvgIpc) is 3.53. The van der Waals surface area contributed by atoms with E-state index in [2.05, 4.69) is 15.6 Å². The summed E-state index contributed by atoms with van der Waals surface area (Å²) in [4.78, 5) is 31.0. The lowest BCUT2D eigenvalue weighted by molar-refractivity contribution is -0.116. The number of rotatable bonds is 8. The summed E-state index contributed by atoms with van der Waals surface area (Å²) in [5.74, 6) is -0.142. The molecule has 1 aliphatic rings. The third kappa shape index (κ3) is 5.28. The van der Waals surface area contributed by atoms with Gasteiger partial charge < -0.3 is 25.1 Å². The molecule has 2 aromatic carbocycles. The van der Waals surface area contributed by atoms with Crippen molar-refractivity contribution in [2.45, 2.75) is 25.4 Å². The fraction of sp³-hybridized carbons (Fsp3) is 0.172. The maximum atomic E-state index is 12.8. The first-order valence-corrected chi connectivity index (χ1v) is 12.6. The maximum Gasteiger partial charge on any atom is 0.336 e. The average molecular weight is 527 g/mol. The smallest absolute Gasteiger partial charge is 0.336 e. The van der Waals surface area contributed by atoms with Crippen LogP contribution in [0, 0.1) is 6.92 Å². The molecule has 5 rings (SSSR count). The molecule has 0 unspecified atom stereocenters. The van der Waals surface area contributed by atoms with E-state index < -0.39 is 12.0 Å². The molecule has 9 heteroatoms. The SMILES string of the molecule is Cc1ccc(NC(=O)CCN2C(=S)N[C@@H](c3ccccn3)[C@H]2c2ccc(-c3ccccc3C(=O)O)o2)cc1. The zero-order chi connectivity index (χ0) is 26.6. The first-order valence-electron chi connectivity index (χ1n) is 12.2. The second kappa shape index (κ2) is 10.9. The van der Waals surface area contributed by atoms with Gasteiger partial charge in [-0.1, -0.05) is 42.0 Å². The molecular weight excluding hydrogens is 500 g/mol. The van der Waals surface area contributed by atoms with Crippen molar-refractivity contribution >= 4 is 34.9 Å². The summed E-state index contributed by atoms with van der Waals surface area (Å²) in [7, 11) is 0. The molecule has 0 bridgehead atoms. The van der Waals surface area contributed by atoms with E-state index in [0.717, 1.165) is 16.9 Å². The number of aromatic nitrogens is 1. The van der Waals surface area contributed by atoms with Crippen LogP contribution in [0.3, 0.4) is 0 Å². The highest BCUT2D eigenvalue weighted by molar-refractivity contribution is 7.80. The van der Waals surface area contributed by atoms with Crippen molar-refractivity contribution < 1.29 is 19.1 Å². The van der Waals surface area contributed by atoms with Crippen LogP contribution in [0.25, 0.3) is 11.3 Å². The number of pyridine rings is 1. The molecule has 0 radical (unpaired) electrons. The second-order valence-electron chi connectivity index (χ2n) is 9.04. The highest BCUT2D eigenvalue weighted by atomic mass is 32.1. The summed E-state index contributed by atoms with van der Waals surface area (Å²) < 4.78 is 6.26. The van der Waals surface area contributed by atoms with Crippen molar-refractivity contribution in [3.05, 3.63) is 108 Å². The fourth-order valence-electron chi connectivity index (χ4n) is 4.58. The molecule has 3 heterocycles. The van der Waals surface area contributed by atoms with E-state index in [4.69, 9.17) is 16.6 Å². The quantitative estimate of drug-likeness (QED) is 0.264. The van der Waals surface area contributed by atoms with Gasteiger partial charge in [0.1, 0.15) is 17.6 Å². The predicted octanol–water partition coefficient (Wildman–Crippen LogP) is 5.35. The van der Waals surface area contributed by atoms with E-state index in [1.807, 2.05) is 60.4 Å². The molecule has 2 aromatic heterocycles. The molecule has 2 atom stereocenters. The van der Waals surface area contributed by atoms with Gasteiger partial charge >= 0.3 is 5.97 Å². The van der Waals surface area contributed by atoms with Crippen molar-refractivity contribution in [2.24, 2.45) is 0 Å². The number of anilines is 1. The minimum Gasteiger partial charge on any atom is -0.478 e. The Labute approximate surface area is 225 Å². The lowest BCUT2D eigenvalue weighted by Gasteiger charge is -2.25. The van der Waals surface area contributed by atoms with Crippen LogP contribution in [0.15, 0.2) is 89.5 Å². The first kappa shape index (κ1) is 25.2. The molecule has 4 aromatic rings. The summed E-state index contributed by atoms with van der Waals surface area (Å²) in [5, 5.41) is 16.4. The Morgan fingerprint density at radius 3 is 2.55 bits per heavy atom. The van der Waals surface area contributed by atoms with Gasteiger partial charge in [-0.2, -0.15) is 0 Å². The number of benzene rings is 2. The van der Waals surface area contributed by atoms with E-state index in [1.165, 1.54) is 0 Å². The third-order valence-corrected chi connectivity index (χ3v) is 6.81. The molecule has 1 aliphatic heterocycles. The number of amides is 1. The summed E-state index contributed by atoms with van der Waals surface area (Å²) in [6, 6.07) is 22.8. The number of aryl methyl sites for hydroxylation is 1. The van der Waals surface area contributed by atoms with Crippen molar-refractivity contribution in [2.75, 3.05) is 11.9 Å². The zero-order valence-corrected chi connectivity index (χ0v) is 21.4. The Morgan fingerprint density at radius 2 is 1.82 bits per heavy atom. The number of hydrogen-bond acceptors (Lipinski definition) is 5. The molecule has 38 heavy (non-hydrogen) atoms. The predicted molar refractivity (Wildman–Crippen MR) is 148 cm³/mol. The van der Waals surface area contributed by atoms with Gasteiger partial charge in [0.05, 0.1) is 17.3 Å². The number of hydrogen-bond donors (Lipinski definition) is 3. The monoisotopic (exact) mass is 526 g/mol. The number of nitrogens with one attached hydrogen (secondary N) is 2. The van der Waals surface area contributed by atoms with Gasteiger partial charge in [0.2, 0.25) is 5.91 Å². The summed E-state index contributed by atoms with van der Waals surface area (Å²) in [6.45, 7) is 2.34. The van der Waals surface area contributed by atoms with E-state index in [0.29, 0.717) is 28.7 Å². The number of carbonyl (C=O) groups is 2. The normalized spacial score (nSPS) is 16.8. The van der Waals surface area contributed by atoms with Gasteiger partial charge in [-0.3, -0.25) is 9.78 Å². The topological polar surface area (TPSA) is 108 Å². The number of aromatic carboxylic acids is 1. The lowest BCUT2D eigenvalue weighted by atomic mass is 10.0. The number of nitrogens with zero attached hydrogens (tertiary/aromatic N) is 2. The van der Waals surface area contributed by atoms with Gasteiger partial charge in [-0.25, -0.2) is 4.79 Å². The molecule has 1 saturated heterocycles. The van der Waals surface area contributed by atoms with Crippen molar-refractivity contribution in [1.82, 2.24) is 15.2 Å². The van der Waals surface area contributed by atoms with Gasteiger partial charge in [0.25, 0.3) is 0 Å². The molecule has 8 nitrogen and oxygen atoms in total. The number of carboxylic acids is 1. The number of carbonyl (C=O) groups excluding carboxylic acids is 1. The molecular formula is C29H26N4O4S. The van der Waals surface area contributed by atoms with Crippen molar-refractivity contribution in [3.8, 4) is 11.3 Å². The van der Waals surface area contributed by atoms with Gasteiger partial charge in [-0.15, -0.1) is 0 Å². The Bertz CT molecular complexity index is 1470. The zero-order valence-electron chi connectivity index (χ0n) is 20.6. The Morgan fingerprint density at radius 1 is 1.05 bits per heavy atom. The van der Waals surface area contributed by atoms with Gasteiger partial charge in [0.15, 0.2) is 5.11 Å². The summed E-state index contributed by atoms with van der Waals surface area (Å²) >= 11 is 5.68. The Balaban J connectivity index is 1.42. The maximum absolute atomic E-state index is 12.8. The third-order valence-electron chi connectivity index (χ3n) is 6.45. The number of carboxylic acid groups (broad SMARTS) is 1. The molecule has 0 spiro atoms. The van der Waals surface area contributed by atoms with Crippen LogP contribution in [0.5, 0.6) is 0 Å². The number of thiocarbonyl (C=S) groups is 1. The Kier molecular flexibility index (Phi) is 7.19. The summed E-state index contributed by atoms with van der Waals surface area (Å²) in [5.41, 5.74) is 3.26. The molecule has 1 amide bonds. The van der Waals surface area contributed by atoms with Crippen LogP contribution in [0.4, 0.5) is 5.69 Å². The Hall–Kier alpha value is -4.50. The lowest BCUT2D eigenvalue weighted by Crippen LogP contribution is -2.32. The van der Waals surface area contributed by atoms with Gasteiger partial charge in [-0.05, 0) is 61.6 Å². The van der Waals surface area contributed by atoms with E-state index in [9.17, 15) is 14.7 Å². The van der Waals surface area contributed by atoms with Crippen LogP contribution in [-0.2, 0) is 4.79 Å². The molecule has 0 saturated carbocycles. The standard InChI is InChI=1S/C29H26N4O4S/c1-18-9-11-19(12-10-18)31-25(34)15-17-33-27(26(32-29(33)38)22-8-4-5-16-30-22)24-14-13-23(37-24)20-6-2-3-7-21(20)28(35)36/h2-14,16,26-27H,15,17H2,1H3,(H,31,34)(H,32,38)(H,35,36)/t26-,27+/m0/s1. The van der Waals surface area contributed by atoms with E-state index in [-0.39, 0.29) is 23.9 Å². The largest absolute Gasteiger partial charge is 0.478 e. The highest BCUT2D eigenvalue weighted by Gasteiger charge is 2.41. The summed E-state index contributed by atoms with van der Waals surface area (Å²) in [6.07, 6.45) is 1.92.